The molecule has 0 aromatic heterocycles. The van der Waals surface area contributed by atoms with E-state index in [9.17, 15) is 19.4 Å². The minimum Gasteiger partial charge on any atom is -0.475 e. The van der Waals surface area contributed by atoms with Crippen molar-refractivity contribution in [2.75, 3.05) is 6.61 Å². The molecule has 8 heteroatoms. The summed E-state index contributed by atoms with van der Waals surface area (Å²) in [6, 6.07) is 5.54. The fraction of sp³-hybridized carbons (Fsp3) is 0.400. The largest absolute Gasteiger partial charge is 0.475 e. The first-order valence-corrected chi connectivity index (χ1v) is 6.91. The molecule has 4 N–H and O–H groups in total. The Morgan fingerprint density at radius 1 is 1.39 bits per heavy atom. The average molecular weight is 328 g/mol. The third kappa shape index (κ3) is 4.26. The molecule has 0 aliphatic carbocycles. The van der Waals surface area contributed by atoms with Crippen LogP contribution in [-0.4, -0.2) is 57.6 Å². The lowest BCUT2D eigenvalue weighted by Gasteiger charge is -2.36. The number of benzene rings is 1. The molecule has 4 unspecified atom stereocenters. The van der Waals surface area contributed by atoms with Crippen molar-refractivity contribution in [3.63, 3.8) is 0 Å². The molecule has 0 bridgehead atoms. The molecule has 126 valence electrons. The predicted octanol–water partition coefficient (Wildman–Crippen LogP) is 0.0969. The minimum atomic E-state index is -1.45. The molecular weight excluding hydrogens is 311 g/mol. The van der Waals surface area contributed by atoms with Gasteiger partial charge in [-0.2, -0.15) is 0 Å². The molecule has 1 heterocycles. The van der Waals surface area contributed by atoms with Gasteiger partial charge in [0.1, 0.15) is 18.0 Å². The number of rotatable bonds is 5. The molecular formula is C15H17FO7. The van der Waals surface area contributed by atoms with Crippen LogP contribution in [0.5, 0.6) is 0 Å². The van der Waals surface area contributed by atoms with Gasteiger partial charge in [-0.05, 0) is 12.1 Å². The molecule has 0 spiro atoms. The zero-order valence-electron chi connectivity index (χ0n) is 12.0. The van der Waals surface area contributed by atoms with E-state index in [1.54, 1.807) is 0 Å². The Morgan fingerprint density at radius 2 is 2.09 bits per heavy atom. The Hall–Kier alpha value is -2.00. The lowest BCUT2D eigenvalue weighted by molar-refractivity contribution is -0.246. The van der Waals surface area contributed by atoms with Gasteiger partial charge in [0.25, 0.3) is 0 Å². The first-order chi connectivity index (χ1) is 10.9. The van der Waals surface area contributed by atoms with Crippen molar-refractivity contribution in [1.82, 2.24) is 0 Å². The highest BCUT2D eigenvalue weighted by Gasteiger charge is 2.38. The highest BCUT2D eigenvalue weighted by atomic mass is 19.1. The van der Waals surface area contributed by atoms with Crippen LogP contribution in [0.2, 0.25) is 0 Å². The van der Waals surface area contributed by atoms with E-state index in [1.165, 1.54) is 24.3 Å². The fourth-order valence-electron chi connectivity index (χ4n) is 2.16. The van der Waals surface area contributed by atoms with Crippen molar-refractivity contribution in [3.05, 3.63) is 41.4 Å². The zero-order valence-corrected chi connectivity index (χ0v) is 12.0. The average Bonchev–Trinajstić information content (AvgIpc) is 2.51. The summed E-state index contributed by atoms with van der Waals surface area (Å²) >= 11 is 0. The van der Waals surface area contributed by atoms with E-state index in [0.717, 1.165) is 6.08 Å². The first-order valence-electron chi connectivity index (χ1n) is 6.91. The van der Waals surface area contributed by atoms with E-state index in [1.807, 2.05) is 0 Å². The summed E-state index contributed by atoms with van der Waals surface area (Å²) in [6.45, 7) is -0.572. The van der Waals surface area contributed by atoms with Crippen molar-refractivity contribution in [3.8, 4) is 0 Å². The summed E-state index contributed by atoms with van der Waals surface area (Å²) in [6.07, 6.45) is -4.05. The summed E-state index contributed by atoms with van der Waals surface area (Å²) in [5, 5.41) is 37.5. The monoisotopic (exact) mass is 328 g/mol. The van der Waals surface area contributed by atoms with Gasteiger partial charge in [-0.1, -0.05) is 18.2 Å². The van der Waals surface area contributed by atoms with Gasteiger partial charge in [-0.3, -0.25) is 0 Å². The maximum absolute atomic E-state index is 13.6. The molecule has 1 saturated heterocycles. The predicted molar refractivity (Wildman–Crippen MR) is 75.5 cm³/mol. The number of aliphatic hydroxyl groups is 3. The number of ether oxygens (including phenoxy) is 2. The van der Waals surface area contributed by atoms with E-state index < -0.39 is 48.8 Å². The molecule has 0 amide bonds. The summed E-state index contributed by atoms with van der Waals surface area (Å²) in [7, 11) is 0. The Balaban J connectivity index is 2.17. The second-order valence-corrected chi connectivity index (χ2v) is 5.03. The first kappa shape index (κ1) is 17.4. The lowest BCUT2D eigenvalue weighted by Crippen LogP contribution is -2.50. The minimum absolute atomic E-state index is 0.0139. The Kier molecular flexibility index (Phi) is 5.67. The van der Waals surface area contributed by atoms with Crippen molar-refractivity contribution in [2.45, 2.75) is 31.0 Å². The van der Waals surface area contributed by atoms with E-state index in [0.29, 0.717) is 0 Å². The molecule has 4 atom stereocenters. The van der Waals surface area contributed by atoms with Gasteiger partial charge < -0.3 is 29.9 Å². The number of carbonyl (C=O) groups is 1. The molecule has 23 heavy (non-hydrogen) atoms. The number of aliphatic hydroxyl groups excluding tert-OH is 3. The quantitative estimate of drug-likeness (QED) is 0.447. The van der Waals surface area contributed by atoms with Crippen LogP contribution in [0.3, 0.4) is 0 Å². The third-order valence-electron chi connectivity index (χ3n) is 3.38. The smallest absolute Gasteiger partial charge is 0.371 e. The fourth-order valence-corrected chi connectivity index (χ4v) is 2.16. The molecule has 0 radical (unpaired) electrons. The molecule has 1 aliphatic rings. The Bertz CT molecular complexity index is 589. The summed E-state index contributed by atoms with van der Waals surface area (Å²) in [5.74, 6) is -2.65. The highest BCUT2D eigenvalue weighted by Crippen LogP contribution is 2.24. The van der Waals surface area contributed by atoms with Gasteiger partial charge in [-0.15, -0.1) is 0 Å². The van der Waals surface area contributed by atoms with E-state index in [2.05, 4.69) is 0 Å². The summed E-state index contributed by atoms with van der Waals surface area (Å²) in [4.78, 5) is 11.3. The summed E-state index contributed by atoms with van der Waals surface area (Å²) < 4.78 is 23.9. The molecule has 1 aromatic carbocycles. The number of hydrogen-bond donors (Lipinski definition) is 4. The van der Waals surface area contributed by atoms with Crippen molar-refractivity contribution < 1.29 is 39.1 Å². The molecule has 7 nitrogen and oxygen atoms in total. The maximum Gasteiger partial charge on any atom is 0.371 e. The second-order valence-electron chi connectivity index (χ2n) is 5.03. The van der Waals surface area contributed by atoms with Crippen molar-refractivity contribution in [1.29, 1.82) is 0 Å². The van der Waals surface area contributed by atoms with Crippen LogP contribution in [0.25, 0.3) is 6.08 Å². The molecule has 1 aromatic rings. The van der Waals surface area contributed by atoms with Crippen LogP contribution < -0.4 is 0 Å². The second kappa shape index (κ2) is 7.51. The number of aliphatic carboxylic acids is 1. The number of carboxylic acid groups (broad SMARTS) is 1. The SMILES string of the molecule is O=C(O)C(=Cc1ccccc1F)OC1CC(O)C(O)C(CO)O1. The van der Waals surface area contributed by atoms with Crippen LogP contribution >= 0.6 is 0 Å². The molecule has 1 aliphatic heterocycles. The third-order valence-corrected chi connectivity index (χ3v) is 3.38. The Labute approximate surface area is 131 Å². The van der Waals surface area contributed by atoms with E-state index in [4.69, 9.17) is 19.7 Å². The van der Waals surface area contributed by atoms with Gasteiger partial charge in [0.2, 0.25) is 12.0 Å². The van der Waals surface area contributed by atoms with Crippen LogP contribution in [-0.2, 0) is 14.3 Å². The van der Waals surface area contributed by atoms with Gasteiger partial charge >= 0.3 is 5.97 Å². The zero-order chi connectivity index (χ0) is 17.0. The molecule has 1 fully saturated rings. The van der Waals surface area contributed by atoms with Crippen LogP contribution in [0.4, 0.5) is 4.39 Å². The van der Waals surface area contributed by atoms with Gasteiger partial charge in [0, 0.05) is 12.0 Å². The lowest BCUT2D eigenvalue weighted by atomic mass is 10.0. The van der Waals surface area contributed by atoms with Crippen molar-refractivity contribution >= 4 is 12.0 Å². The van der Waals surface area contributed by atoms with Crippen molar-refractivity contribution in [2.24, 2.45) is 0 Å². The topological polar surface area (TPSA) is 116 Å². The maximum atomic E-state index is 13.6. The highest BCUT2D eigenvalue weighted by molar-refractivity contribution is 5.89. The van der Waals surface area contributed by atoms with E-state index >= 15 is 0 Å². The summed E-state index contributed by atoms with van der Waals surface area (Å²) in [5.41, 5.74) is 0.0139. The number of hydrogen-bond acceptors (Lipinski definition) is 6. The van der Waals surface area contributed by atoms with Crippen LogP contribution in [0.15, 0.2) is 30.0 Å². The van der Waals surface area contributed by atoms with Gasteiger partial charge in [0.05, 0.1) is 12.7 Å². The van der Waals surface area contributed by atoms with E-state index in [-0.39, 0.29) is 12.0 Å². The van der Waals surface area contributed by atoms with Crippen LogP contribution in [0.1, 0.15) is 12.0 Å². The number of halogens is 1. The van der Waals surface area contributed by atoms with Crippen LogP contribution in [0, 0.1) is 5.82 Å². The van der Waals surface area contributed by atoms with Gasteiger partial charge in [0.15, 0.2) is 0 Å². The molecule has 0 saturated carbocycles. The number of carboxylic acids is 1. The van der Waals surface area contributed by atoms with Gasteiger partial charge in [-0.25, -0.2) is 9.18 Å². The molecule has 2 rings (SSSR count). The standard InChI is InChI=1S/C15H17FO7/c16-9-4-2-1-3-8(9)5-11(15(20)21)22-13-6-10(18)14(19)12(7-17)23-13/h1-5,10,12-14,17-19H,6-7H2,(H,20,21). The Morgan fingerprint density at radius 3 is 2.70 bits per heavy atom. The normalized spacial score (nSPS) is 28.4.